The molecular formula is C17H23FN2O4S. The normalized spacial score (nSPS) is 28.8. The van der Waals surface area contributed by atoms with Crippen LogP contribution in [0, 0.1) is 11.7 Å². The molecule has 8 heteroatoms. The van der Waals surface area contributed by atoms with Crippen molar-refractivity contribution in [2.75, 3.05) is 38.7 Å². The van der Waals surface area contributed by atoms with Crippen LogP contribution in [0.15, 0.2) is 18.3 Å². The third-order valence-corrected chi connectivity index (χ3v) is 8.50. The summed E-state index contributed by atoms with van der Waals surface area (Å²) in [4.78, 5) is 6.15. The fourth-order valence-electron chi connectivity index (χ4n) is 4.31. The summed E-state index contributed by atoms with van der Waals surface area (Å²) in [6, 6.07) is 3.20. The van der Waals surface area contributed by atoms with E-state index in [9.17, 15) is 12.8 Å². The van der Waals surface area contributed by atoms with Crippen molar-refractivity contribution in [3.8, 4) is 5.88 Å². The summed E-state index contributed by atoms with van der Waals surface area (Å²) in [5.74, 6) is -0.500. The van der Waals surface area contributed by atoms with Crippen LogP contribution in [-0.4, -0.2) is 67.8 Å². The molecule has 25 heavy (non-hydrogen) atoms. The molecule has 0 aliphatic carbocycles. The molecule has 1 unspecified atom stereocenters. The summed E-state index contributed by atoms with van der Waals surface area (Å²) >= 11 is 0. The van der Waals surface area contributed by atoms with Crippen molar-refractivity contribution >= 4 is 9.84 Å². The average molecular weight is 370 g/mol. The Morgan fingerprint density at radius 3 is 2.80 bits per heavy atom. The van der Waals surface area contributed by atoms with Gasteiger partial charge in [0.25, 0.3) is 0 Å². The topological polar surface area (TPSA) is 68.7 Å². The average Bonchev–Trinajstić information content (AvgIpc) is 2.84. The Hall–Kier alpha value is -1.25. The van der Waals surface area contributed by atoms with Crippen LogP contribution in [0.4, 0.5) is 4.39 Å². The van der Waals surface area contributed by atoms with Gasteiger partial charge in [0, 0.05) is 44.5 Å². The quantitative estimate of drug-likeness (QED) is 0.795. The lowest BCUT2D eigenvalue weighted by Gasteiger charge is -2.53. The van der Waals surface area contributed by atoms with Gasteiger partial charge in [0.15, 0.2) is 15.7 Å². The fourth-order valence-corrected chi connectivity index (χ4v) is 6.73. The van der Waals surface area contributed by atoms with E-state index in [0.717, 1.165) is 26.1 Å². The second-order valence-corrected chi connectivity index (χ2v) is 9.67. The summed E-state index contributed by atoms with van der Waals surface area (Å²) in [6.07, 6.45) is 3.95. The van der Waals surface area contributed by atoms with E-state index in [1.165, 1.54) is 18.3 Å². The molecule has 0 amide bonds. The van der Waals surface area contributed by atoms with Crippen molar-refractivity contribution in [2.24, 2.45) is 5.92 Å². The highest BCUT2D eigenvalue weighted by Gasteiger charge is 2.62. The second kappa shape index (κ2) is 6.48. The van der Waals surface area contributed by atoms with Crippen molar-refractivity contribution < 1.29 is 22.3 Å². The van der Waals surface area contributed by atoms with Gasteiger partial charge in [0.05, 0.1) is 12.4 Å². The van der Waals surface area contributed by atoms with Crippen LogP contribution in [0.2, 0.25) is 0 Å². The Bertz CT molecular complexity index is 730. The molecule has 0 radical (unpaired) electrons. The van der Waals surface area contributed by atoms with Crippen LogP contribution >= 0.6 is 0 Å². The van der Waals surface area contributed by atoms with Gasteiger partial charge in [-0.25, -0.2) is 17.8 Å². The summed E-state index contributed by atoms with van der Waals surface area (Å²) in [6.45, 7) is 2.78. The maximum absolute atomic E-state index is 13.7. The van der Waals surface area contributed by atoms with E-state index in [1.807, 2.05) is 0 Å². The standard InChI is InChI=1S/C17H23FN2O4S/c18-15-2-1-6-19-16(15)24-10-13-5-9-25(21,22)17(13)11-20(12-17)14-3-7-23-8-4-14/h1-2,6,13-14H,3-5,7-12H2. The van der Waals surface area contributed by atoms with E-state index in [-0.39, 0.29) is 24.2 Å². The zero-order chi connectivity index (χ0) is 17.5. The monoisotopic (exact) mass is 370 g/mol. The molecule has 3 aliphatic rings. The summed E-state index contributed by atoms with van der Waals surface area (Å²) < 4.78 is 49.2. The van der Waals surface area contributed by atoms with Crippen LogP contribution in [0.25, 0.3) is 0 Å². The molecule has 138 valence electrons. The number of hydrogen-bond donors (Lipinski definition) is 0. The molecule has 3 saturated heterocycles. The Balaban J connectivity index is 1.44. The molecule has 4 rings (SSSR count). The molecule has 4 heterocycles. The first kappa shape index (κ1) is 17.2. The maximum Gasteiger partial charge on any atom is 0.250 e. The highest BCUT2D eigenvalue weighted by molar-refractivity contribution is 7.93. The molecule has 6 nitrogen and oxygen atoms in total. The van der Waals surface area contributed by atoms with Crippen LogP contribution in [0.3, 0.4) is 0 Å². The number of pyridine rings is 1. The van der Waals surface area contributed by atoms with Crippen LogP contribution < -0.4 is 4.74 Å². The molecular weight excluding hydrogens is 347 g/mol. The van der Waals surface area contributed by atoms with E-state index in [0.29, 0.717) is 25.6 Å². The second-order valence-electron chi connectivity index (χ2n) is 7.22. The minimum atomic E-state index is -3.15. The maximum atomic E-state index is 13.7. The van der Waals surface area contributed by atoms with Gasteiger partial charge >= 0.3 is 0 Å². The zero-order valence-electron chi connectivity index (χ0n) is 14.1. The fraction of sp³-hybridized carbons (Fsp3) is 0.706. The van der Waals surface area contributed by atoms with Gasteiger partial charge in [0.1, 0.15) is 4.75 Å². The van der Waals surface area contributed by atoms with Crippen molar-refractivity contribution in [3.05, 3.63) is 24.1 Å². The smallest absolute Gasteiger partial charge is 0.250 e. The zero-order valence-corrected chi connectivity index (χ0v) is 14.9. The van der Waals surface area contributed by atoms with Gasteiger partial charge in [-0.2, -0.15) is 0 Å². The minimum absolute atomic E-state index is 0.0532. The van der Waals surface area contributed by atoms with Gasteiger partial charge in [-0.3, -0.25) is 4.90 Å². The van der Waals surface area contributed by atoms with Crippen LogP contribution in [0.5, 0.6) is 5.88 Å². The predicted molar refractivity (Wildman–Crippen MR) is 89.7 cm³/mol. The van der Waals surface area contributed by atoms with E-state index >= 15 is 0 Å². The van der Waals surface area contributed by atoms with Crippen molar-refractivity contribution in [2.45, 2.75) is 30.1 Å². The number of ether oxygens (including phenoxy) is 2. The Labute approximate surface area is 147 Å². The van der Waals surface area contributed by atoms with Crippen molar-refractivity contribution in [1.82, 2.24) is 9.88 Å². The number of nitrogens with zero attached hydrogens (tertiary/aromatic N) is 2. The first-order chi connectivity index (χ1) is 12.0. The highest BCUT2D eigenvalue weighted by Crippen LogP contribution is 2.46. The lowest BCUT2D eigenvalue weighted by molar-refractivity contribution is -0.0227. The molecule has 0 N–H and O–H groups in total. The van der Waals surface area contributed by atoms with Crippen LogP contribution in [0.1, 0.15) is 19.3 Å². The molecule has 3 fully saturated rings. The molecule has 0 bridgehead atoms. The van der Waals surface area contributed by atoms with E-state index < -0.39 is 20.4 Å². The highest BCUT2D eigenvalue weighted by atomic mass is 32.2. The van der Waals surface area contributed by atoms with Gasteiger partial charge in [-0.15, -0.1) is 0 Å². The number of rotatable bonds is 4. The molecule has 3 aliphatic heterocycles. The predicted octanol–water partition coefficient (Wildman–Crippen LogP) is 1.27. The SMILES string of the molecule is O=S1(=O)CCC(COc2ncccc2F)C12CN(C1CCOCC1)C2. The molecule has 1 atom stereocenters. The first-order valence-corrected chi connectivity index (χ1v) is 10.4. The molecule has 0 aromatic carbocycles. The molecule has 1 spiro atoms. The van der Waals surface area contributed by atoms with E-state index in [4.69, 9.17) is 9.47 Å². The largest absolute Gasteiger partial charge is 0.475 e. The third kappa shape index (κ3) is 2.94. The molecule has 1 aromatic rings. The lowest BCUT2D eigenvalue weighted by atomic mass is 9.82. The van der Waals surface area contributed by atoms with E-state index in [2.05, 4.69) is 9.88 Å². The van der Waals surface area contributed by atoms with Gasteiger partial charge in [0.2, 0.25) is 5.88 Å². The van der Waals surface area contributed by atoms with Gasteiger partial charge in [-0.1, -0.05) is 0 Å². The van der Waals surface area contributed by atoms with Crippen molar-refractivity contribution in [3.63, 3.8) is 0 Å². The lowest BCUT2D eigenvalue weighted by Crippen LogP contribution is -2.70. The Morgan fingerprint density at radius 1 is 1.32 bits per heavy atom. The number of likely N-dealkylation sites (tertiary alicyclic amines) is 1. The first-order valence-electron chi connectivity index (χ1n) is 8.79. The van der Waals surface area contributed by atoms with Crippen molar-refractivity contribution in [1.29, 1.82) is 0 Å². The number of hydrogen-bond acceptors (Lipinski definition) is 6. The molecule has 1 aromatic heterocycles. The third-order valence-electron chi connectivity index (χ3n) is 5.89. The number of halogens is 1. The van der Waals surface area contributed by atoms with Gasteiger partial charge in [-0.05, 0) is 31.4 Å². The van der Waals surface area contributed by atoms with E-state index in [1.54, 1.807) is 0 Å². The van der Waals surface area contributed by atoms with Gasteiger partial charge < -0.3 is 9.47 Å². The van der Waals surface area contributed by atoms with Crippen LogP contribution in [-0.2, 0) is 14.6 Å². The summed E-state index contributed by atoms with van der Waals surface area (Å²) in [5, 5.41) is 0. The molecule has 0 saturated carbocycles. The number of sulfone groups is 1. The summed E-state index contributed by atoms with van der Waals surface area (Å²) in [5.41, 5.74) is 0. The number of aromatic nitrogens is 1. The Kier molecular flexibility index (Phi) is 4.45. The summed E-state index contributed by atoms with van der Waals surface area (Å²) in [7, 11) is -3.15. The Morgan fingerprint density at radius 2 is 2.08 bits per heavy atom. The minimum Gasteiger partial charge on any atom is -0.475 e.